The topological polar surface area (TPSA) is 50.4 Å². The van der Waals surface area contributed by atoms with Crippen LogP contribution in [0.15, 0.2) is 0 Å². The lowest BCUT2D eigenvalue weighted by molar-refractivity contribution is -0.137. The van der Waals surface area contributed by atoms with Gasteiger partial charge in [0.25, 0.3) is 0 Å². The Bertz CT molecular complexity index is 240. The van der Waals surface area contributed by atoms with Gasteiger partial charge in [-0.15, -0.1) is 0 Å². The van der Waals surface area contributed by atoms with E-state index < -0.39 is 25.0 Å². The smallest absolute Gasteiger partial charge is 0.368 e. The Morgan fingerprint density at radius 3 is 2.59 bits per heavy atom. The molecule has 1 amide bonds. The van der Waals surface area contributed by atoms with Gasteiger partial charge in [0.1, 0.15) is 6.61 Å². The van der Waals surface area contributed by atoms with Crippen LogP contribution in [-0.4, -0.2) is 44.4 Å². The molecule has 0 saturated carbocycles. The Hall–Kier alpha value is -0.820. The van der Waals surface area contributed by atoms with Crippen LogP contribution in [0, 0.1) is 0 Å². The summed E-state index contributed by atoms with van der Waals surface area (Å²) in [6, 6.07) is 0. The molecule has 0 aromatic carbocycles. The van der Waals surface area contributed by atoms with Gasteiger partial charge in [-0.05, 0) is 25.9 Å². The van der Waals surface area contributed by atoms with Gasteiger partial charge in [0.05, 0.1) is 12.5 Å². The fraction of sp³-hybridized carbons (Fsp3) is 0.900. The molecule has 17 heavy (non-hydrogen) atoms. The average Bonchev–Trinajstić information content (AvgIpc) is 2.26. The molecule has 0 spiro atoms. The molecule has 7 heteroatoms. The van der Waals surface area contributed by atoms with Gasteiger partial charge in [-0.3, -0.25) is 4.79 Å². The third-order valence-corrected chi connectivity index (χ3v) is 2.47. The molecule has 0 aromatic heterocycles. The molecule has 1 aliphatic heterocycles. The number of carbonyl (C=O) groups excluding carboxylic acids is 1. The van der Waals surface area contributed by atoms with Crippen LogP contribution in [0.3, 0.4) is 0 Å². The van der Waals surface area contributed by atoms with E-state index >= 15 is 0 Å². The maximum Gasteiger partial charge on any atom is 0.390 e. The molecule has 0 bridgehead atoms. The molecule has 1 fully saturated rings. The molecule has 1 aliphatic rings. The van der Waals surface area contributed by atoms with Crippen LogP contribution in [0.4, 0.5) is 13.2 Å². The van der Waals surface area contributed by atoms with Crippen molar-refractivity contribution in [1.82, 2.24) is 10.6 Å². The number of alkyl halides is 3. The molecule has 0 atom stereocenters. The molecule has 2 N–H and O–H groups in total. The van der Waals surface area contributed by atoms with Crippen molar-refractivity contribution in [2.45, 2.75) is 31.5 Å². The van der Waals surface area contributed by atoms with E-state index in [4.69, 9.17) is 4.74 Å². The summed E-state index contributed by atoms with van der Waals surface area (Å²) < 4.78 is 40.7. The zero-order chi connectivity index (χ0) is 12.7. The second-order valence-electron chi connectivity index (χ2n) is 3.98. The van der Waals surface area contributed by atoms with Gasteiger partial charge < -0.3 is 15.4 Å². The predicted molar refractivity (Wildman–Crippen MR) is 55.5 cm³/mol. The first-order valence-corrected chi connectivity index (χ1v) is 5.63. The molecule has 1 heterocycles. The molecule has 0 unspecified atom stereocenters. The number of hydrogen-bond acceptors (Lipinski definition) is 3. The maximum atomic E-state index is 11.8. The first-order valence-electron chi connectivity index (χ1n) is 5.63. The second-order valence-corrected chi connectivity index (χ2v) is 3.98. The number of halogens is 3. The van der Waals surface area contributed by atoms with Crippen LogP contribution in [0.5, 0.6) is 0 Å². The molecular weight excluding hydrogens is 237 g/mol. The summed E-state index contributed by atoms with van der Waals surface area (Å²) in [5, 5.41) is 5.33. The minimum atomic E-state index is -4.23. The maximum absolute atomic E-state index is 11.8. The van der Waals surface area contributed by atoms with E-state index in [-0.39, 0.29) is 12.7 Å². The molecule has 1 rings (SSSR count). The van der Waals surface area contributed by atoms with Gasteiger partial charge >= 0.3 is 6.18 Å². The number of nitrogens with one attached hydrogen (secondary N) is 2. The third kappa shape index (κ3) is 7.17. The highest BCUT2D eigenvalue weighted by atomic mass is 19.4. The fourth-order valence-corrected chi connectivity index (χ4v) is 1.55. The molecule has 0 aromatic rings. The van der Waals surface area contributed by atoms with E-state index in [9.17, 15) is 18.0 Å². The van der Waals surface area contributed by atoms with Crippen molar-refractivity contribution in [2.75, 3.05) is 26.2 Å². The molecule has 0 radical (unpaired) electrons. The summed E-state index contributed by atoms with van der Waals surface area (Å²) in [5.41, 5.74) is 0. The number of hydrogen-bond donors (Lipinski definition) is 2. The lowest BCUT2D eigenvalue weighted by Gasteiger charge is -2.22. The van der Waals surface area contributed by atoms with Crippen LogP contribution in [-0.2, 0) is 9.53 Å². The van der Waals surface area contributed by atoms with Gasteiger partial charge in [-0.2, -0.15) is 13.2 Å². The molecule has 100 valence electrons. The lowest BCUT2D eigenvalue weighted by Crippen LogP contribution is -2.36. The van der Waals surface area contributed by atoms with Crippen molar-refractivity contribution in [3.8, 4) is 0 Å². The monoisotopic (exact) mass is 254 g/mol. The van der Waals surface area contributed by atoms with Crippen molar-refractivity contribution >= 4 is 5.91 Å². The summed E-state index contributed by atoms with van der Waals surface area (Å²) in [4.78, 5) is 11.2. The van der Waals surface area contributed by atoms with Gasteiger partial charge in [-0.25, -0.2) is 0 Å². The number of amides is 1. The first kappa shape index (κ1) is 14.2. The number of rotatable bonds is 5. The molecule has 1 saturated heterocycles. The normalized spacial score (nSPS) is 18.1. The minimum Gasteiger partial charge on any atom is -0.368 e. The van der Waals surface area contributed by atoms with Crippen molar-refractivity contribution in [2.24, 2.45) is 0 Å². The second kappa shape index (κ2) is 6.80. The number of ether oxygens (including phenoxy) is 1. The minimum absolute atomic E-state index is 0.0321. The Morgan fingerprint density at radius 2 is 2.00 bits per heavy atom. The molecule has 4 nitrogen and oxygen atoms in total. The fourth-order valence-electron chi connectivity index (χ4n) is 1.55. The highest BCUT2D eigenvalue weighted by Gasteiger charge is 2.26. The van der Waals surface area contributed by atoms with Crippen LogP contribution >= 0.6 is 0 Å². The Labute approximate surface area is 97.9 Å². The zero-order valence-electron chi connectivity index (χ0n) is 9.48. The van der Waals surface area contributed by atoms with Crippen molar-refractivity contribution in [1.29, 1.82) is 0 Å². The molecular formula is C10H17F3N2O2. The highest BCUT2D eigenvalue weighted by Crippen LogP contribution is 2.18. The van der Waals surface area contributed by atoms with Crippen LogP contribution in [0.2, 0.25) is 0 Å². The predicted octanol–water partition coefficient (Wildman–Crippen LogP) is 0.824. The van der Waals surface area contributed by atoms with Crippen molar-refractivity contribution in [3.63, 3.8) is 0 Å². The van der Waals surface area contributed by atoms with Gasteiger partial charge in [0, 0.05) is 6.54 Å². The summed E-state index contributed by atoms with van der Waals surface area (Å²) in [5.74, 6) is -0.493. The quantitative estimate of drug-likeness (QED) is 0.764. The van der Waals surface area contributed by atoms with Crippen LogP contribution < -0.4 is 10.6 Å². The van der Waals surface area contributed by atoms with Crippen molar-refractivity contribution < 1.29 is 22.7 Å². The summed E-state index contributed by atoms with van der Waals surface area (Å²) in [6.07, 6.45) is -3.55. The van der Waals surface area contributed by atoms with Crippen LogP contribution in [0.25, 0.3) is 0 Å². The van der Waals surface area contributed by atoms with E-state index in [0.29, 0.717) is 0 Å². The van der Waals surface area contributed by atoms with E-state index in [1.165, 1.54) is 0 Å². The van der Waals surface area contributed by atoms with E-state index in [0.717, 1.165) is 25.9 Å². The molecule has 0 aliphatic carbocycles. The first-order chi connectivity index (χ1) is 7.97. The van der Waals surface area contributed by atoms with E-state index in [1.807, 2.05) is 0 Å². The standard InChI is InChI=1S/C10H17F3N2O2/c11-10(12,13)3-6-15-9(16)7-17-8-1-4-14-5-2-8/h8,14H,1-7H2,(H,15,16). The Morgan fingerprint density at radius 1 is 1.35 bits per heavy atom. The SMILES string of the molecule is O=C(COC1CCNCC1)NCCC(F)(F)F. The zero-order valence-corrected chi connectivity index (χ0v) is 9.48. The van der Waals surface area contributed by atoms with Crippen LogP contribution in [0.1, 0.15) is 19.3 Å². The summed E-state index contributed by atoms with van der Waals surface area (Å²) in [6.45, 7) is 1.14. The van der Waals surface area contributed by atoms with E-state index in [2.05, 4.69) is 10.6 Å². The lowest BCUT2D eigenvalue weighted by atomic mass is 10.1. The van der Waals surface area contributed by atoms with Crippen molar-refractivity contribution in [3.05, 3.63) is 0 Å². The van der Waals surface area contributed by atoms with E-state index in [1.54, 1.807) is 0 Å². The number of piperidine rings is 1. The average molecular weight is 254 g/mol. The number of carbonyl (C=O) groups is 1. The van der Waals surface area contributed by atoms with Gasteiger partial charge in [0.2, 0.25) is 5.91 Å². The van der Waals surface area contributed by atoms with Gasteiger partial charge in [-0.1, -0.05) is 0 Å². The third-order valence-electron chi connectivity index (χ3n) is 2.47. The highest BCUT2D eigenvalue weighted by molar-refractivity contribution is 5.77. The summed E-state index contributed by atoms with van der Waals surface area (Å²) in [7, 11) is 0. The summed E-state index contributed by atoms with van der Waals surface area (Å²) >= 11 is 0. The Kier molecular flexibility index (Phi) is 5.70. The Balaban J connectivity index is 2.04. The van der Waals surface area contributed by atoms with Gasteiger partial charge in [0.15, 0.2) is 0 Å². The largest absolute Gasteiger partial charge is 0.390 e.